The molecule has 8 atom stereocenters. The summed E-state index contributed by atoms with van der Waals surface area (Å²) in [4.78, 5) is 0. The molecule has 38 heavy (non-hydrogen) atoms. The molecule has 1 unspecified atom stereocenters. The van der Waals surface area contributed by atoms with Crippen LogP contribution in [0.4, 0.5) is 5.69 Å². The summed E-state index contributed by atoms with van der Waals surface area (Å²) in [5.74, 6) is 2.22. The van der Waals surface area contributed by atoms with Crippen molar-refractivity contribution < 1.29 is 13.6 Å². The summed E-state index contributed by atoms with van der Waals surface area (Å²) in [5, 5.41) is 3.61. The molecule has 0 saturated heterocycles. The largest absolute Gasteiger partial charge is 0.368 e. The first-order valence-electron chi connectivity index (χ1n) is 15.0. The minimum atomic E-state index is -3.67. The third-order valence-corrected chi connectivity index (χ3v) is 11.2. The molecule has 0 aromatic heterocycles. The zero-order valence-corrected chi connectivity index (χ0v) is 25.3. The summed E-state index contributed by atoms with van der Waals surface area (Å²) in [6.07, 6.45) is 6.33. The van der Waals surface area contributed by atoms with Gasteiger partial charge < -0.3 is 14.4 Å². The summed E-state index contributed by atoms with van der Waals surface area (Å²) >= 11 is 0. The molecule has 2 aliphatic carbocycles. The summed E-state index contributed by atoms with van der Waals surface area (Å²) in [5.41, 5.74) is 1.86. The Morgan fingerprint density at radius 2 is 1.16 bits per heavy atom. The van der Waals surface area contributed by atoms with Crippen LogP contribution in [0, 0.1) is 35.5 Å². The molecule has 2 saturated carbocycles. The van der Waals surface area contributed by atoms with E-state index in [0.29, 0.717) is 35.5 Å². The molecule has 2 aromatic rings. The lowest BCUT2D eigenvalue weighted by molar-refractivity contribution is -0.00541. The van der Waals surface area contributed by atoms with Gasteiger partial charge in [-0.15, -0.1) is 0 Å². The van der Waals surface area contributed by atoms with Gasteiger partial charge >= 0.3 is 7.60 Å². The van der Waals surface area contributed by atoms with Crippen LogP contribution in [0.2, 0.25) is 0 Å². The lowest BCUT2D eigenvalue weighted by Gasteiger charge is -2.43. The van der Waals surface area contributed by atoms with Gasteiger partial charge in [-0.25, -0.2) is 0 Å². The van der Waals surface area contributed by atoms with Crippen molar-refractivity contribution in [1.82, 2.24) is 0 Å². The fourth-order valence-electron chi connectivity index (χ4n) is 6.67. The van der Waals surface area contributed by atoms with E-state index in [0.717, 1.165) is 36.9 Å². The van der Waals surface area contributed by atoms with Gasteiger partial charge in [-0.2, -0.15) is 0 Å². The molecule has 2 fully saturated rings. The fraction of sp³-hybridized carbons (Fsp3) is 0.636. The van der Waals surface area contributed by atoms with Crippen molar-refractivity contribution in [2.45, 2.75) is 98.1 Å². The maximum atomic E-state index is 15.5. The molecule has 0 aliphatic heterocycles. The molecular formula is C33H50NO3P. The lowest BCUT2D eigenvalue weighted by Crippen LogP contribution is -2.37. The predicted molar refractivity (Wildman–Crippen MR) is 159 cm³/mol. The van der Waals surface area contributed by atoms with Crippen LogP contribution in [0.1, 0.15) is 91.4 Å². The molecule has 1 N–H and O–H groups in total. The van der Waals surface area contributed by atoms with Crippen LogP contribution >= 0.6 is 7.60 Å². The van der Waals surface area contributed by atoms with Gasteiger partial charge in [0.1, 0.15) is 0 Å². The highest BCUT2D eigenvalue weighted by molar-refractivity contribution is 7.54. The molecule has 0 bridgehead atoms. The van der Waals surface area contributed by atoms with Crippen molar-refractivity contribution in [3.63, 3.8) is 0 Å². The van der Waals surface area contributed by atoms with E-state index >= 15 is 4.57 Å². The Labute approximate surface area is 231 Å². The van der Waals surface area contributed by atoms with E-state index in [1.165, 1.54) is 12.8 Å². The van der Waals surface area contributed by atoms with Crippen LogP contribution in [-0.4, -0.2) is 12.2 Å². The topological polar surface area (TPSA) is 47.6 Å². The van der Waals surface area contributed by atoms with Crippen LogP contribution in [0.15, 0.2) is 60.7 Å². The standard InChI is InChI=1S/C33H50NO3P/c1-23(2)29-19-17-25(5)21-31(29)36-38(35,37-32-22-26(6)18-20-30(32)24(3)4)33(27-13-9-7-10-14-27)34-28-15-11-8-12-16-28/h7-16,23-26,29-34H,17-22H2,1-6H3/t25-,26-,29-,30+,31+,32+,33-,38?/m0/s1. The first-order chi connectivity index (χ1) is 18.2. The molecular weight excluding hydrogens is 489 g/mol. The Kier molecular flexibility index (Phi) is 10.2. The molecule has 210 valence electrons. The molecule has 0 radical (unpaired) electrons. The van der Waals surface area contributed by atoms with E-state index in [1.807, 2.05) is 60.7 Å². The van der Waals surface area contributed by atoms with Crippen molar-refractivity contribution in [3.8, 4) is 0 Å². The highest BCUT2D eigenvalue weighted by Crippen LogP contribution is 2.65. The second-order valence-electron chi connectivity index (χ2n) is 12.8. The fourth-order valence-corrected chi connectivity index (χ4v) is 9.05. The molecule has 0 heterocycles. The lowest BCUT2D eigenvalue weighted by atomic mass is 9.75. The average Bonchev–Trinajstić information content (AvgIpc) is 2.88. The van der Waals surface area contributed by atoms with Gasteiger partial charge in [0.2, 0.25) is 0 Å². The van der Waals surface area contributed by atoms with Gasteiger partial charge in [0.25, 0.3) is 0 Å². The van der Waals surface area contributed by atoms with Crippen LogP contribution in [0.5, 0.6) is 0 Å². The Hall–Kier alpha value is -1.61. The number of anilines is 1. The van der Waals surface area contributed by atoms with E-state index in [9.17, 15) is 0 Å². The molecule has 5 heteroatoms. The molecule has 4 rings (SSSR count). The quantitative estimate of drug-likeness (QED) is 0.305. The number of rotatable bonds is 10. The normalized spacial score (nSPS) is 30.6. The van der Waals surface area contributed by atoms with Crippen molar-refractivity contribution in [2.24, 2.45) is 35.5 Å². The monoisotopic (exact) mass is 539 g/mol. The summed E-state index contributed by atoms with van der Waals surface area (Å²) in [6, 6.07) is 20.2. The highest BCUT2D eigenvalue weighted by atomic mass is 31.2. The Morgan fingerprint density at radius 1 is 0.711 bits per heavy atom. The number of hydrogen-bond acceptors (Lipinski definition) is 4. The van der Waals surface area contributed by atoms with Gasteiger partial charge in [-0.05, 0) is 78.9 Å². The van der Waals surface area contributed by atoms with E-state index in [-0.39, 0.29) is 12.2 Å². The third-order valence-electron chi connectivity index (χ3n) is 9.00. The Balaban J connectivity index is 1.76. The number of benzene rings is 2. The molecule has 2 aliphatic rings. The van der Waals surface area contributed by atoms with Crippen LogP contribution < -0.4 is 5.32 Å². The van der Waals surface area contributed by atoms with Crippen LogP contribution in [0.3, 0.4) is 0 Å². The van der Waals surface area contributed by atoms with Gasteiger partial charge in [0.15, 0.2) is 5.78 Å². The molecule has 2 aromatic carbocycles. The zero-order valence-electron chi connectivity index (χ0n) is 24.4. The van der Waals surface area contributed by atoms with Gasteiger partial charge in [0.05, 0.1) is 12.2 Å². The van der Waals surface area contributed by atoms with E-state index in [1.54, 1.807) is 0 Å². The van der Waals surface area contributed by atoms with Crippen LogP contribution in [0.25, 0.3) is 0 Å². The van der Waals surface area contributed by atoms with Crippen molar-refractivity contribution in [2.75, 3.05) is 5.32 Å². The predicted octanol–water partition coefficient (Wildman–Crippen LogP) is 9.95. The molecule has 0 amide bonds. The van der Waals surface area contributed by atoms with Crippen molar-refractivity contribution in [1.29, 1.82) is 0 Å². The highest BCUT2D eigenvalue weighted by Gasteiger charge is 2.47. The minimum absolute atomic E-state index is 0.0770. The average molecular weight is 540 g/mol. The Bertz CT molecular complexity index is 989. The molecule has 0 spiro atoms. The number of hydrogen-bond donors (Lipinski definition) is 1. The Morgan fingerprint density at radius 3 is 1.61 bits per heavy atom. The van der Waals surface area contributed by atoms with Gasteiger partial charge in [0, 0.05) is 5.69 Å². The molecule has 4 nitrogen and oxygen atoms in total. The summed E-state index contributed by atoms with van der Waals surface area (Å²) < 4.78 is 29.4. The first kappa shape index (κ1) is 29.4. The van der Waals surface area contributed by atoms with Gasteiger partial charge in [-0.3, -0.25) is 4.57 Å². The maximum Gasteiger partial charge on any atom is 0.357 e. The smallest absolute Gasteiger partial charge is 0.357 e. The third kappa shape index (κ3) is 7.32. The van der Waals surface area contributed by atoms with Crippen molar-refractivity contribution in [3.05, 3.63) is 66.2 Å². The number of para-hydroxylation sites is 1. The van der Waals surface area contributed by atoms with E-state index < -0.39 is 13.4 Å². The van der Waals surface area contributed by atoms with E-state index in [2.05, 4.69) is 46.9 Å². The van der Waals surface area contributed by atoms with Crippen LogP contribution in [-0.2, 0) is 13.6 Å². The van der Waals surface area contributed by atoms with E-state index in [4.69, 9.17) is 9.05 Å². The SMILES string of the molecule is CC(C)[C@H]1CC[C@H](C)C[C@H]1OP(=O)(O[C@@H]1C[C@@H](C)CC[C@H]1C(C)C)[C@H](Nc1ccccc1)c1ccccc1. The minimum Gasteiger partial charge on any atom is -0.368 e. The van der Waals surface area contributed by atoms with Gasteiger partial charge in [-0.1, -0.05) is 103 Å². The summed E-state index contributed by atoms with van der Waals surface area (Å²) in [7, 11) is -3.67. The van der Waals surface area contributed by atoms with Crippen molar-refractivity contribution >= 4 is 13.3 Å². The second-order valence-corrected chi connectivity index (χ2v) is 14.8. The number of nitrogens with one attached hydrogen (secondary N) is 1. The first-order valence-corrected chi connectivity index (χ1v) is 16.6. The second kappa shape index (κ2) is 13.2. The summed E-state index contributed by atoms with van der Waals surface area (Å²) in [6.45, 7) is 13.7. The zero-order chi connectivity index (χ0) is 27.3. The maximum absolute atomic E-state index is 15.5.